The molecule has 0 aromatic carbocycles. The molecule has 0 unspecified atom stereocenters. The zero-order chi connectivity index (χ0) is 13.7. The van der Waals surface area contributed by atoms with Gasteiger partial charge in [-0.05, 0) is 25.0 Å². The second kappa shape index (κ2) is 6.31. The maximum atomic E-state index is 12.0. The summed E-state index contributed by atoms with van der Waals surface area (Å²) in [6.45, 7) is 3.39. The van der Waals surface area contributed by atoms with Crippen molar-refractivity contribution in [3.63, 3.8) is 0 Å². The van der Waals surface area contributed by atoms with E-state index in [2.05, 4.69) is 10.3 Å². The van der Waals surface area contributed by atoms with Crippen molar-refractivity contribution in [1.82, 2.24) is 15.2 Å². The van der Waals surface area contributed by atoms with Crippen LogP contribution in [-0.4, -0.2) is 34.8 Å². The molecule has 0 bridgehead atoms. The maximum Gasteiger partial charge on any atom is 0.223 e. The van der Waals surface area contributed by atoms with E-state index in [4.69, 9.17) is 0 Å². The van der Waals surface area contributed by atoms with E-state index in [9.17, 15) is 9.59 Å². The van der Waals surface area contributed by atoms with Crippen molar-refractivity contribution in [3.05, 3.63) is 30.1 Å². The van der Waals surface area contributed by atoms with Gasteiger partial charge in [0, 0.05) is 32.1 Å². The first-order valence-corrected chi connectivity index (χ1v) is 6.60. The topological polar surface area (TPSA) is 62.3 Å². The smallest absolute Gasteiger partial charge is 0.223 e. The summed E-state index contributed by atoms with van der Waals surface area (Å²) in [5.41, 5.74) is 0.858. The number of pyridine rings is 1. The molecule has 2 rings (SSSR count). The van der Waals surface area contributed by atoms with Gasteiger partial charge in [-0.2, -0.15) is 0 Å². The highest BCUT2D eigenvalue weighted by Crippen LogP contribution is 2.17. The van der Waals surface area contributed by atoms with E-state index in [0.717, 1.165) is 18.5 Å². The van der Waals surface area contributed by atoms with Crippen molar-refractivity contribution in [2.75, 3.05) is 13.1 Å². The third-order valence-electron chi connectivity index (χ3n) is 3.48. The molecule has 1 aliphatic rings. The molecule has 1 N–H and O–H groups in total. The summed E-state index contributed by atoms with van der Waals surface area (Å²) in [7, 11) is 0. The van der Waals surface area contributed by atoms with Crippen LogP contribution >= 0.6 is 0 Å². The van der Waals surface area contributed by atoms with Crippen LogP contribution in [-0.2, 0) is 16.1 Å². The number of aromatic nitrogens is 1. The van der Waals surface area contributed by atoms with Gasteiger partial charge in [-0.1, -0.05) is 6.07 Å². The Bertz CT molecular complexity index is 439. The lowest BCUT2D eigenvalue weighted by atomic mass is 9.96. The van der Waals surface area contributed by atoms with Gasteiger partial charge in [0.05, 0.1) is 12.2 Å². The number of amides is 2. The van der Waals surface area contributed by atoms with Crippen molar-refractivity contribution in [2.24, 2.45) is 5.92 Å². The molecule has 2 heterocycles. The molecule has 1 aromatic heterocycles. The summed E-state index contributed by atoms with van der Waals surface area (Å²) >= 11 is 0. The molecular weight excluding hydrogens is 242 g/mol. The van der Waals surface area contributed by atoms with E-state index in [1.807, 2.05) is 18.2 Å². The van der Waals surface area contributed by atoms with Gasteiger partial charge in [-0.3, -0.25) is 14.6 Å². The highest BCUT2D eigenvalue weighted by atomic mass is 16.2. The normalized spacial score (nSPS) is 16.2. The van der Waals surface area contributed by atoms with Crippen LogP contribution in [0.3, 0.4) is 0 Å². The molecule has 1 aliphatic heterocycles. The summed E-state index contributed by atoms with van der Waals surface area (Å²) in [5.74, 6) is 0.167. The zero-order valence-electron chi connectivity index (χ0n) is 11.1. The van der Waals surface area contributed by atoms with Crippen molar-refractivity contribution in [2.45, 2.75) is 26.3 Å². The summed E-state index contributed by atoms with van der Waals surface area (Å²) < 4.78 is 0. The Morgan fingerprint density at radius 1 is 1.37 bits per heavy atom. The fourth-order valence-electron chi connectivity index (χ4n) is 2.28. The van der Waals surface area contributed by atoms with Crippen molar-refractivity contribution in [1.29, 1.82) is 0 Å². The molecule has 0 aliphatic carbocycles. The maximum absolute atomic E-state index is 12.0. The molecule has 5 heteroatoms. The molecule has 1 fully saturated rings. The molecule has 1 aromatic rings. The van der Waals surface area contributed by atoms with Gasteiger partial charge < -0.3 is 10.2 Å². The van der Waals surface area contributed by atoms with Crippen LogP contribution in [0.15, 0.2) is 24.4 Å². The number of hydrogen-bond donors (Lipinski definition) is 1. The highest BCUT2D eigenvalue weighted by Gasteiger charge is 2.25. The standard InChI is InChI=1S/C14H19N3O2/c1-11(18)17-8-5-12(6-9-17)14(19)16-10-13-4-2-3-7-15-13/h2-4,7,12H,5-6,8-10H2,1H3,(H,16,19). The fourth-order valence-corrected chi connectivity index (χ4v) is 2.28. The number of carbonyl (C=O) groups excluding carboxylic acids is 2. The summed E-state index contributed by atoms with van der Waals surface area (Å²) in [5, 5.41) is 2.91. The van der Waals surface area contributed by atoms with Gasteiger partial charge in [-0.25, -0.2) is 0 Å². The van der Waals surface area contributed by atoms with Gasteiger partial charge in [0.15, 0.2) is 0 Å². The number of nitrogens with zero attached hydrogens (tertiary/aromatic N) is 2. The molecule has 19 heavy (non-hydrogen) atoms. The Hall–Kier alpha value is -1.91. The van der Waals surface area contributed by atoms with E-state index in [1.165, 1.54) is 0 Å². The Morgan fingerprint density at radius 3 is 2.68 bits per heavy atom. The minimum absolute atomic E-state index is 0.0133. The van der Waals surface area contributed by atoms with Gasteiger partial charge in [-0.15, -0.1) is 0 Å². The van der Waals surface area contributed by atoms with Crippen LogP contribution in [0.2, 0.25) is 0 Å². The van der Waals surface area contributed by atoms with Crippen molar-refractivity contribution < 1.29 is 9.59 Å². The first-order valence-electron chi connectivity index (χ1n) is 6.60. The first-order chi connectivity index (χ1) is 9.16. The lowest BCUT2D eigenvalue weighted by Crippen LogP contribution is -2.42. The summed E-state index contributed by atoms with van der Waals surface area (Å²) in [4.78, 5) is 29.2. The molecule has 2 amide bonds. The number of hydrogen-bond acceptors (Lipinski definition) is 3. The van der Waals surface area contributed by atoms with Crippen LogP contribution in [0.5, 0.6) is 0 Å². The predicted molar refractivity (Wildman–Crippen MR) is 71.1 cm³/mol. The minimum Gasteiger partial charge on any atom is -0.350 e. The highest BCUT2D eigenvalue weighted by molar-refractivity contribution is 5.79. The number of likely N-dealkylation sites (tertiary alicyclic amines) is 1. The molecular formula is C14H19N3O2. The number of piperidine rings is 1. The minimum atomic E-state index is 0.0133. The summed E-state index contributed by atoms with van der Waals surface area (Å²) in [6.07, 6.45) is 3.20. The van der Waals surface area contributed by atoms with Crippen LogP contribution < -0.4 is 5.32 Å². The molecule has 0 saturated carbocycles. The molecule has 5 nitrogen and oxygen atoms in total. The molecule has 0 atom stereocenters. The van der Waals surface area contributed by atoms with Gasteiger partial charge in [0.2, 0.25) is 11.8 Å². The van der Waals surface area contributed by atoms with Gasteiger partial charge in [0.25, 0.3) is 0 Å². The van der Waals surface area contributed by atoms with E-state index in [0.29, 0.717) is 19.6 Å². The quantitative estimate of drug-likeness (QED) is 0.881. The van der Waals surface area contributed by atoms with Crippen LogP contribution in [0.4, 0.5) is 0 Å². The Kier molecular flexibility index (Phi) is 4.49. The Labute approximate surface area is 113 Å². The first kappa shape index (κ1) is 13.5. The lowest BCUT2D eigenvalue weighted by Gasteiger charge is -2.30. The fraction of sp³-hybridized carbons (Fsp3) is 0.500. The average molecular weight is 261 g/mol. The van der Waals surface area contributed by atoms with Crippen LogP contribution in [0.1, 0.15) is 25.5 Å². The molecule has 0 radical (unpaired) electrons. The molecule has 0 spiro atoms. The van der Waals surface area contributed by atoms with Crippen molar-refractivity contribution in [3.8, 4) is 0 Å². The van der Waals surface area contributed by atoms with Gasteiger partial charge in [0.1, 0.15) is 0 Å². The Morgan fingerprint density at radius 2 is 2.11 bits per heavy atom. The Balaban J connectivity index is 1.77. The SMILES string of the molecule is CC(=O)N1CCC(C(=O)NCc2ccccn2)CC1. The lowest BCUT2D eigenvalue weighted by molar-refractivity contribution is -0.134. The number of rotatable bonds is 3. The largest absolute Gasteiger partial charge is 0.350 e. The molecule has 102 valence electrons. The van der Waals surface area contributed by atoms with E-state index < -0.39 is 0 Å². The van der Waals surface area contributed by atoms with Gasteiger partial charge >= 0.3 is 0 Å². The summed E-state index contributed by atoms with van der Waals surface area (Å²) in [6, 6.07) is 5.64. The van der Waals surface area contributed by atoms with Crippen LogP contribution in [0.25, 0.3) is 0 Å². The van der Waals surface area contributed by atoms with E-state index in [1.54, 1.807) is 18.0 Å². The van der Waals surface area contributed by atoms with Crippen LogP contribution in [0, 0.1) is 5.92 Å². The average Bonchev–Trinajstić information content (AvgIpc) is 2.46. The zero-order valence-corrected chi connectivity index (χ0v) is 11.1. The third kappa shape index (κ3) is 3.77. The number of carbonyl (C=O) groups is 2. The molecule has 1 saturated heterocycles. The van der Waals surface area contributed by atoms with E-state index >= 15 is 0 Å². The second-order valence-corrected chi connectivity index (χ2v) is 4.82. The number of nitrogens with one attached hydrogen (secondary N) is 1. The van der Waals surface area contributed by atoms with E-state index in [-0.39, 0.29) is 17.7 Å². The third-order valence-corrected chi connectivity index (χ3v) is 3.48. The van der Waals surface area contributed by atoms with Crippen molar-refractivity contribution >= 4 is 11.8 Å². The second-order valence-electron chi connectivity index (χ2n) is 4.82. The predicted octanol–water partition coefficient (Wildman–Crippen LogP) is 0.956. The monoisotopic (exact) mass is 261 g/mol.